The van der Waals surface area contributed by atoms with Gasteiger partial charge in [-0.3, -0.25) is 4.55 Å². The van der Waals surface area contributed by atoms with Gasteiger partial charge in [-0.05, 0) is 110 Å². The highest BCUT2D eigenvalue weighted by Gasteiger charge is 2.65. The molecule has 0 bridgehead atoms. The van der Waals surface area contributed by atoms with Gasteiger partial charge in [0.1, 0.15) is 18.3 Å². The number of aliphatic hydroxyl groups is 5. The number of ether oxygens (including phenoxy) is 2. The van der Waals surface area contributed by atoms with Crippen molar-refractivity contribution in [3.8, 4) is 0 Å². The molecule has 5 rings (SSSR count). The first-order valence-corrected chi connectivity index (χ1v) is 18.2. The number of hydrogen-bond donors (Lipinski definition) is 6. The molecule has 5 unspecified atom stereocenters. The van der Waals surface area contributed by atoms with Gasteiger partial charge in [-0.2, -0.15) is 8.42 Å². The van der Waals surface area contributed by atoms with Crippen LogP contribution in [0, 0.1) is 52.3 Å². The van der Waals surface area contributed by atoms with E-state index < -0.39 is 53.3 Å². The molecule has 256 valence electrons. The van der Waals surface area contributed by atoms with Crippen LogP contribution in [0.1, 0.15) is 92.4 Å². The molecule has 0 radical (unpaired) electrons. The summed E-state index contributed by atoms with van der Waals surface area (Å²) < 4.78 is 51.2. The highest BCUT2D eigenvalue weighted by atomic mass is 32.3. The van der Waals surface area contributed by atoms with Gasteiger partial charge in [0.25, 0.3) is 0 Å². The zero-order valence-electron chi connectivity index (χ0n) is 26.9. The maximum atomic E-state index is 12.1. The molecule has 0 spiro atoms. The molecule has 44 heavy (non-hydrogen) atoms. The van der Waals surface area contributed by atoms with Gasteiger partial charge in [0.15, 0.2) is 6.29 Å². The molecule has 11 nitrogen and oxygen atoms in total. The Kier molecular flexibility index (Phi) is 10.2. The molecule has 0 amide bonds. The van der Waals surface area contributed by atoms with Gasteiger partial charge in [-0.15, -0.1) is 0 Å². The quantitative estimate of drug-likeness (QED) is 0.202. The zero-order chi connectivity index (χ0) is 32.4. The third-order valence-corrected chi connectivity index (χ3v) is 13.5. The van der Waals surface area contributed by atoms with E-state index >= 15 is 0 Å². The predicted molar refractivity (Wildman–Crippen MR) is 160 cm³/mol. The van der Waals surface area contributed by atoms with E-state index in [1.807, 2.05) is 13.8 Å². The highest BCUT2D eigenvalue weighted by Crippen LogP contribution is 2.69. The minimum absolute atomic E-state index is 0.0120. The summed E-state index contributed by atoms with van der Waals surface area (Å²) in [6, 6.07) is 0. The molecule has 1 saturated heterocycles. The van der Waals surface area contributed by atoms with Crippen molar-refractivity contribution in [3.63, 3.8) is 0 Å². The topological polar surface area (TPSA) is 183 Å². The standard InChI is InChI=1S/C32H56O11S/c1-16(2)25(42-30-29(37)28(36)24(35)15-41-30)7-6-17(3)21-14-26(43-44(38,39)40)27-19-13-23(34)22-12-18(33)8-10-31(22,4)20(19)9-11-32(21,27)5/h16-30,33-37H,6-15H2,1-5H3,(H,38,39,40)/t17-,18?,19-,20+,21-,22?,23?,24-,25?,26?,27-,28+,29-,30+,31-,32-/m1/s1. The van der Waals surface area contributed by atoms with Crippen molar-refractivity contribution in [3.05, 3.63) is 0 Å². The van der Waals surface area contributed by atoms with E-state index in [2.05, 4.69) is 20.8 Å². The fourth-order valence-electron chi connectivity index (χ4n) is 10.8. The van der Waals surface area contributed by atoms with Crippen molar-refractivity contribution < 1.29 is 52.2 Å². The second kappa shape index (κ2) is 12.9. The Bertz CT molecular complexity index is 1100. The molecule has 6 N–H and O–H groups in total. The molecule has 5 fully saturated rings. The van der Waals surface area contributed by atoms with E-state index in [-0.39, 0.29) is 65.0 Å². The molecule has 5 aliphatic rings. The Morgan fingerprint density at radius 3 is 2.20 bits per heavy atom. The van der Waals surface area contributed by atoms with Gasteiger partial charge in [0.2, 0.25) is 0 Å². The summed E-state index contributed by atoms with van der Waals surface area (Å²) in [6.07, 6.45) is -0.441. The van der Waals surface area contributed by atoms with E-state index in [1.165, 1.54) is 0 Å². The average Bonchev–Trinajstić information content (AvgIpc) is 3.22. The number of aliphatic hydroxyl groups excluding tert-OH is 5. The van der Waals surface area contributed by atoms with Crippen molar-refractivity contribution in [2.45, 2.75) is 141 Å². The molecule has 4 saturated carbocycles. The molecular weight excluding hydrogens is 592 g/mol. The summed E-state index contributed by atoms with van der Waals surface area (Å²) in [7, 11) is -4.69. The highest BCUT2D eigenvalue weighted by molar-refractivity contribution is 7.80. The minimum Gasteiger partial charge on any atom is -0.393 e. The molecule has 12 heteroatoms. The monoisotopic (exact) mass is 648 g/mol. The first-order valence-electron chi connectivity index (χ1n) is 16.8. The third kappa shape index (κ3) is 6.51. The van der Waals surface area contributed by atoms with Gasteiger partial charge >= 0.3 is 10.4 Å². The first kappa shape index (κ1) is 34.9. The Labute approximate surface area is 262 Å². The summed E-state index contributed by atoms with van der Waals surface area (Å²) in [4.78, 5) is 0. The Hall–Kier alpha value is -0.410. The maximum Gasteiger partial charge on any atom is 0.397 e. The lowest BCUT2D eigenvalue weighted by Crippen LogP contribution is -2.59. The fourth-order valence-corrected chi connectivity index (χ4v) is 11.3. The zero-order valence-corrected chi connectivity index (χ0v) is 27.7. The van der Waals surface area contributed by atoms with E-state index in [9.17, 15) is 38.5 Å². The van der Waals surface area contributed by atoms with Crippen LogP contribution in [0.25, 0.3) is 0 Å². The number of hydrogen-bond acceptors (Lipinski definition) is 10. The second-order valence-corrected chi connectivity index (χ2v) is 16.9. The summed E-state index contributed by atoms with van der Waals surface area (Å²) in [5.74, 6) is 0.540. The SMILES string of the molecule is CC(C)C(CC[C@@H](C)[C@H]1CC(OS(=O)(=O)O)[C@H]2[C@@H]3CC(O)C4CC(O)CC[C@]4(C)[C@H]3CC[C@]12C)O[C@@H]1OC[C@@H](O)[C@H](O)[C@H]1O. The van der Waals surface area contributed by atoms with Crippen LogP contribution in [-0.4, -0.2) is 94.1 Å². The van der Waals surface area contributed by atoms with E-state index in [0.29, 0.717) is 32.1 Å². The molecule has 0 aromatic heterocycles. The molecule has 0 aromatic rings. The molecule has 0 aromatic carbocycles. The maximum absolute atomic E-state index is 12.1. The van der Waals surface area contributed by atoms with Gasteiger partial charge in [0.05, 0.1) is 31.0 Å². The molecule has 1 aliphatic heterocycles. The van der Waals surface area contributed by atoms with E-state index in [4.69, 9.17) is 13.7 Å². The number of rotatable bonds is 9. The normalized spacial score (nSPS) is 49.2. The van der Waals surface area contributed by atoms with Crippen LogP contribution in [0.5, 0.6) is 0 Å². The summed E-state index contributed by atoms with van der Waals surface area (Å²) in [6.45, 7) is 10.6. The van der Waals surface area contributed by atoms with Crippen molar-refractivity contribution in [2.75, 3.05) is 6.61 Å². The average molecular weight is 649 g/mol. The Balaban J connectivity index is 1.34. The van der Waals surface area contributed by atoms with Crippen LogP contribution in [0.3, 0.4) is 0 Å². The molecular formula is C32H56O11S. The molecule has 16 atom stereocenters. The van der Waals surface area contributed by atoms with Gasteiger partial charge < -0.3 is 35.0 Å². The predicted octanol–water partition coefficient (Wildman–Crippen LogP) is 2.67. The van der Waals surface area contributed by atoms with Crippen molar-refractivity contribution in [2.24, 2.45) is 52.3 Å². The molecule has 1 heterocycles. The largest absolute Gasteiger partial charge is 0.397 e. The lowest BCUT2D eigenvalue weighted by atomic mass is 9.43. The fraction of sp³-hybridized carbons (Fsp3) is 1.00. The Morgan fingerprint density at radius 1 is 0.864 bits per heavy atom. The molecule has 4 aliphatic carbocycles. The Morgan fingerprint density at radius 2 is 1.55 bits per heavy atom. The van der Waals surface area contributed by atoms with Crippen molar-refractivity contribution in [1.82, 2.24) is 0 Å². The summed E-state index contributed by atoms with van der Waals surface area (Å²) in [5, 5.41) is 52.2. The van der Waals surface area contributed by atoms with Crippen molar-refractivity contribution >= 4 is 10.4 Å². The third-order valence-electron chi connectivity index (χ3n) is 13.0. The lowest BCUT2D eigenvalue weighted by molar-refractivity contribution is -0.286. The van der Waals surface area contributed by atoms with Crippen LogP contribution >= 0.6 is 0 Å². The summed E-state index contributed by atoms with van der Waals surface area (Å²) >= 11 is 0. The van der Waals surface area contributed by atoms with E-state index in [0.717, 1.165) is 25.7 Å². The van der Waals surface area contributed by atoms with Crippen LogP contribution in [-0.2, 0) is 24.1 Å². The lowest BCUT2D eigenvalue weighted by Gasteiger charge is -2.62. The van der Waals surface area contributed by atoms with Crippen LogP contribution in [0.15, 0.2) is 0 Å². The van der Waals surface area contributed by atoms with E-state index in [1.54, 1.807) is 0 Å². The van der Waals surface area contributed by atoms with Crippen LogP contribution < -0.4 is 0 Å². The van der Waals surface area contributed by atoms with Crippen LogP contribution in [0.2, 0.25) is 0 Å². The van der Waals surface area contributed by atoms with Gasteiger partial charge in [0, 0.05) is 0 Å². The first-order chi connectivity index (χ1) is 20.5. The minimum atomic E-state index is -4.69. The van der Waals surface area contributed by atoms with Gasteiger partial charge in [-0.25, -0.2) is 4.18 Å². The van der Waals surface area contributed by atoms with Crippen LogP contribution in [0.4, 0.5) is 0 Å². The number of fused-ring (bicyclic) bond motifs is 5. The van der Waals surface area contributed by atoms with Gasteiger partial charge in [-0.1, -0.05) is 34.6 Å². The summed E-state index contributed by atoms with van der Waals surface area (Å²) in [5.41, 5.74) is -0.406. The second-order valence-electron chi connectivity index (χ2n) is 15.8. The smallest absolute Gasteiger partial charge is 0.393 e. The van der Waals surface area contributed by atoms with Crippen molar-refractivity contribution in [1.29, 1.82) is 0 Å².